The average Bonchev–Trinajstić information content (AvgIpc) is 3.19. The molecule has 3 amide bonds. The summed E-state index contributed by atoms with van der Waals surface area (Å²) in [4.78, 5) is 44.3. The lowest BCUT2D eigenvalue weighted by Gasteiger charge is -2.33. The zero-order valence-electron chi connectivity index (χ0n) is 21.9. The van der Waals surface area contributed by atoms with Crippen molar-refractivity contribution in [3.05, 3.63) is 112 Å². The minimum absolute atomic E-state index is 0.0901. The van der Waals surface area contributed by atoms with Gasteiger partial charge in [-0.25, -0.2) is 0 Å². The molecule has 39 heavy (non-hydrogen) atoms. The van der Waals surface area contributed by atoms with E-state index >= 15 is 0 Å². The lowest BCUT2D eigenvalue weighted by molar-refractivity contribution is -0.140. The first-order chi connectivity index (χ1) is 18.8. The van der Waals surface area contributed by atoms with Crippen LogP contribution in [0, 0.1) is 0 Å². The van der Waals surface area contributed by atoms with Gasteiger partial charge in [-0.1, -0.05) is 82.7 Å². The van der Waals surface area contributed by atoms with Gasteiger partial charge in [-0.2, -0.15) is 0 Å². The maximum Gasteiger partial charge on any atom is 0.259 e. The molecule has 4 aromatic carbocycles. The van der Waals surface area contributed by atoms with E-state index in [-0.39, 0.29) is 36.9 Å². The number of carbonyl (C=O) groups excluding carboxylic acids is 3. The number of hydrogen-bond donors (Lipinski definition) is 1. The Balaban J connectivity index is 1.51. The van der Waals surface area contributed by atoms with Crippen LogP contribution in [0.25, 0.3) is 10.8 Å². The maximum absolute atomic E-state index is 14.2. The van der Waals surface area contributed by atoms with Crippen LogP contribution < -0.4 is 10.2 Å². The van der Waals surface area contributed by atoms with Crippen molar-refractivity contribution in [3.8, 4) is 0 Å². The monoisotopic (exact) mass is 583 g/mol. The van der Waals surface area contributed by atoms with Crippen LogP contribution in [-0.2, 0) is 22.6 Å². The van der Waals surface area contributed by atoms with Crippen molar-refractivity contribution in [2.75, 3.05) is 11.4 Å². The third kappa shape index (κ3) is 5.73. The highest BCUT2D eigenvalue weighted by atomic mass is 79.9. The summed E-state index contributed by atoms with van der Waals surface area (Å²) in [5.41, 5.74) is 3.15. The molecule has 1 atom stereocenters. The summed E-state index contributed by atoms with van der Waals surface area (Å²) in [6, 6.07) is 27.9. The Labute approximate surface area is 236 Å². The van der Waals surface area contributed by atoms with E-state index in [0.29, 0.717) is 12.0 Å². The predicted molar refractivity (Wildman–Crippen MR) is 158 cm³/mol. The molecule has 0 aromatic heterocycles. The van der Waals surface area contributed by atoms with Gasteiger partial charge in [0.05, 0.1) is 5.69 Å². The van der Waals surface area contributed by atoms with E-state index in [4.69, 9.17) is 0 Å². The average molecular weight is 585 g/mol. The summed E-state index contributed by atoms with van der Waals surface area (Å²) >= 11 is 3.47. The van der Waals surface area contributed by atoms with Crippen LogP contribution in [0.4, 0.5) is 5.69 Å². The molecule has 1 heterocycles. The van der Waals surface area contributed by atoms with E-state index in [1.54, 1.807) is 11.0 Å². The van der Waals surface area contributed by atoms with E-state index in [0.717, 1.165) is 32.1 Å². The van der Waals surface area contributed by atoms with Gasteiger partial charge in [-0.15, -0.1) is 0 Å². The Kier molecular flexibility index (Phi) is 7.79. The highest BCUT2D eigenvalue weighted by Crippen LogP contribution is 2.37. The van der Waals surface area contributed by atoms with Crippen LogP contribution in [0.5, 0.6) is 0 Å². The Morgan fingerprint density at radius 3 is 2.26 bits per heavy atom. The van der Waals surface area contributed by atoms with Gasteiger partial charge in [0.25, 0.3) is 5.91 Å². The molecule has 0 fully saturated rings. The molecule has 0 saturated heterocycles. The summed E-state index contributed by atoms with van der Waals surface area (Å²) in [5.74, 6) is -0.724. The Hall–Kier alpha value is -3.97. The number of carbonyl (C=O) groups is 3. The van der Waals surface area contributed by atoms with E-state index in [1.165, 1.54) is 4.90 Å². The van der Waals surface area contributed by atoms with Gasteiger partial charge in [0.1, 0.15) is 12.6 Å². The number of anilines is 1. The second-order valence-corrected chi connectivity index (χ2v) is 11.0. The molecule has 0 aliphatic carbocycles. The summed E-state index contributed by atoms with van der Waals surface area (Å²) < 4.78 is 0.927. The van der Waals surface area contributed by atoms with E-state index < -0.39 is 6.04 Å². The summed E-state index contributed by atoms with van der Waals surface area (Å²) in [6.07, 6.45) is 0.353. The topological polar surface area (TPSA) is 69.7 Å². The van der Waals surface area contributed by atoms with Gasteiger partial charge in [0, 0.05) is 34.4 Å². The first-order valence-electron chi connectivity index (χ1n) is 13.0. The third-order valence-electron chi connectivity index (χ3n) is 6.91. The van der Waals surface area contributed by atoms with Gasteiger partial charge in [0.15, 0.2) is 0 Å². The molecule has 198 valence electrons. The quantitative estimate of drug-likeness (QED) is 0.274. The minimum Gasteiger partial charge on any atom is -0.352 e. The van der Waals surface area contributed by atoms with Gasteiger partial charge in [-0.05, 0) is 54.6 Å². The molecule has 1 unspecified atom stereocenters. The van der Waals surface area contributed by atoms with Crippen molar-refractivity contribution in [1.29, 1.82) is 0 Å². The van der Waals surface area contributed by atoms with E-state index in [9.17, 15) is 14.4 Å². The first-order valence-corrected chi connectivity index (χ1v) is 13.8. The third-order valence-corrected chi connectivity index (χ3v) is 7.44. The molecule has 1 aliphatic rings. The second-order valence-electron chi connectivity index (χ2n) is 10.1. The number of hydrogen-bond acceptors (Lipinski definition) is 3. The molecule has 4 aromatic rings. The van der Waals surface area contributed by atoms with Gasteiger partial charge in [0.2, 0.25) is 11.8 Å². The van der Waals surface area contributed by atoms with Crippen molar-refractivity contribution >= 4 is 50.1 Å². The largest absolute Gasteiger partial charge is 0.352 e. The number of benzene rings is 4. The molecule has 1 N–H and O–H groups in total. The van der Waals surface area contributed by atoms with E-state index in [1.807, 2.05) is 98.8 Å². The maximum atomic E-state index is 14.2. The molecule has 6 nitrogen and oxygen atoms in total. The van der Waals surface area contributed by atoms with Gasteiger partial charge >= 0.3 is 0 Å². The molecule has 0 radical (unpaired) electrons. The van der Waals surface area contributed by atoms with Crippen LogP contribution in [0.3, 0.4) is 0 Å². The number of amides is 3. The molecule has 0 saturated carbocycles. The molecule has 7 heteroatoms. The molecule has 1 aliphatic heterocycles. The fraction of sp³-hybridized carbons (Fsp3) is 0.219. The highest BCUT2D eigenvalue weighted by Gasteiger charge is 2.35. The van der Waals surface area contributed by atoms with Crippen molar-refractivity contribution in [2.24, 2.45) is 0 Å². The summed E-state index contributed by atoms with van der Waals surface area (Å²) in [5, 5.41) is 4.82. The number of nitrogens with one attached hydrogen (secondary N) is 1. The second kappa shape index (κ2) is 11.4. The molecule has 0 spiro atoms. The normalized spacial score (nSPS) is 13.1. The van der Waals surface area contributed by atoms with Crippen molar-refractivity contribution in [2.45, 2.75) is 38.9 Å². The lowest BCUT2D eigenvalue weighted by Crippen LogP contribution is -2.54. The Bertz CT molecular complexity index is 1510. The van der Waals surface area contributed by atoms with E-state index in [2.05, 4.69) is 21.2 Å². The number of nitrogens with zero attached hydrogens (tertiary/aromatic N) is 2. The number of halogens is 1. The first kappa shape index (κ1) is 26.6. The predicted octanol–water partition coefficient (Wildman–Crippen LogP) is 5.73. The molecule has 5 rings (SSSR count). The van der Waals surface area contributed by atoms with Crippen LogP contribution in [0.15, 0.2) is 95.5 Å². The smallest absolute Gasteiger partial charge is 0.259 e. The zero-order chi connectivity index (χ0) is 27.5. The Morgan fingerprint density at radius 1 is 0.872 bits per heavy atom. The summed E-state index contributed by atoms with van der Waals surface area (Å²) in [7, 11) is 0. The van der Waals surface area contributed by atoms with Crippen LogP contribution in [0.2, 0.25) is 0 Å². The highest BCUT2D eigenvalue weighted by molar-refractivity contribution is 9.10. The van der Waals surface area contributed by atoms with Gasteiger partial charge in [-0.3, -0.25) is 19.3 Å². The molecular formula is C32H30BrN3O3. The van der Waals surface area contributed by atoms with Gasteiger partial charge < -0.3 is 10.2 Å². The fourth-order valence-corrected chi connectivity index (χ4v) is 5.35. The fourth-order valence-electron chi connectivity index (χ4n) is 5.08. The van der Waals surface area contributed by atoms with Crippen molar-refractivity contribution in [1.82, 2.24) is 10.2 Å². The standard InChI is InChI=1S/C32H30BrN3O3/c1-21(2)34-31(38)28(18-22-8-4-3-5-9-22)35(19-23-14-16-25(33)17-15-23)29(37)20-36-27-13-7-11-24-10-6-12-26(30(24)27)32(36)39/h3-17,21,28H,18-20H2,1-2H3,(H,34,38). The Morgan fingerprint density at radius 2 is 1.56 bits per heavy atom. The van der Waals surface area contributed by atoms with Crippen molar-refractivity contribution in [3.63, 3.8) is 0 Å². The van der Waals surface area contributed by atoms with Crippen LogP contribution >= 0.6 is 15.9 Å². The van der Waals surface area contributed by atoms with Crippen LogP contribution in [0.1, 0.15) is 35.3 Å². The number of rotatable bonds is 9. The SMILES string of the molecule is CC(C)NC(=O)C(Cc1ccccc1)N(Cc1ccc(Br)cc1)C(=O)CN1C(=O)c2cccc3cccc1c23. The molecule has 0 bridgehead atoms. The minimum atomic E-state index is -0.762. The van der Waals surface area contributed by atoms with Crippen molar-refractivity contribution < 1.29 is 14.4 Å². The van der Waals surface area contributed by atoms with Crippen LogP contribution in [-0.4, -0.2) is 41.2 Å². The zero-order valence-corrected chi connectivity index (χ0v) is 23.5. The summed E-state index contributed by atoms with van der Waals surface area (Å²) in [6.45, 7) is 3.87. The lowest BCUT2D eigenvalue weighted by atomic mass is 10.0. The molecular weight excluding hydrogens is 554 g/mol.